The van der Waals surface area contributed by atoms with Crippen LogP contribution in [0.15, 0.2) is 18.2 Å². The molecule has 1 aromatic rings. The van der Waals surface area contributed by atoms with Gasteiger partial charge in [-0.05, 0) is 12.5 Å². The van der Waals surface area contributed by atoms with Crippen LogP contribution in [-0.4, -0.2) is 12.6 Å². The van der Waals surface area contributed by atoms with Gasteiger partial charge in [0.2, 0.25) is 0 Å². The van der Waals surface area contributed by atoms with Crippen LogP contribution < -0.4 is 5.73 Å². The highest BCUT2D eigenvalue weighted by atomic mass is 19.1. The number of benzene rings is 1. The highest BCUT2D eigenvalue weighted by molar-refractivity contribution is 5.71. The molecule has 2 N–H and O–H groups in total. The SMILES string of the molecule is CCOC(=O)CC(C)(C)c1cccc(CN)c1F. The van der Waals surface area contributed by atoms with Gasteiger partial charge in [0, 0.05) is 17.5 Å². The van der Waals surface area contributed by atoms with Gasteiger partial charge in [0.05, 0.1) is 13.0 Å². The van der Waals surface area contributed by atoms with Gasteiger partial charge in [-0.1, -0.05) is 32.0 Å². The van der Waals surface area contributed by atoms with E-state index in [2.05, 4.69) is 0 Å². The minimum absolute atomic E-state index is 0.145. The van der Waals surface area contributed by atoms with E-state index in [9.17, 15) is 9.18 Å². The summed E-state index contributed by atoms with van der Waals surface area (Å²) in [5.41, 5.74) is 5.83. The van der Waals surface area contributed by atoms with Gasteiger partial charge in [-0.15, -0.1) is 0 Å². The second-order valence-electron chi connectivity index (χ2n) is 4.85. The maximum atomic E-state index is 14.2. The van der Waals surface area contributed by atoms with Crippen molar-refractivity contribution < 1.29 is 13.9 Å². The van der Waals surface area contributed by atoms with E-state index in [1.807, 2.05) is 13.8 Å². The lowest BCUT2D eigenvalue weighted by atomic mass is 9.80. The van der Waals surface area contributed by atoms with E-state index >= 15 is 0 Å². The van der Waals surface area contributed by atoms with Crippen molar-refractivity contribution in [2.75, 3.05) is 6.61 Å². The summed E-state index contributed by atoms with van der Waals surface area (Å²) in [5, 5.41) is 0. The van der Waals surface area contributed by atoms with Crippen LogP contribution in [0, 0.1) is 5.82 Å². The van der Waals surface area contributed by atoms with Gasteiger partial charge in [0.15, 0.2) is 0 Å². The highest BCUT2D eigenvalue weighted by Crippen LogP contribution is 2.30. The molecule has 18 heavy (non-hydrogen) atoms. The number of ether oxygens (including phenoxy) is 1. The normalized spacial score (nSPS) is 11.4. The molecule has 100 valence electrons. The second-order valence-corrected chi connectivity index (χ2v) is 4.85. The molecular formula is C14H20FNO2. The van der Waals surface area contributed by atoms with E-state index in [0.29, 0.717) is 17.7 Å². The minimum Gasteiger partial charge on any atom is -0.466 e. The molecule has 0 radical (unpaired) electrons. The first kappa shape index (κ1) is 14.6. The van der Waals surface area contributed by atoms with E-state index in [1.165, 1.54) is 0 Å². The van der Waals surface area contributed by atoms with Crippen LogP contribution in [0.3, 0.4) is 0 Å². The molecule has 0 aliphatic carbocycles. The van der Waals surface area contributed by atoms with E-state index in [0.717, 1.165) is 0 Å². The lowest BCUT2D eigenvalue weighted by Crippen LogP contribution is -2.25. The largest absolute Gasteiger partial charge is 0.466 e. The fraction of sp³-hybridized carbons (Fsp3) is 0.500. The zero-order valence-electron chi connectivity index (χ0n) is 11.1. The van der Waals surface area contributed by atoms with Gasteiger partial charge in [-0.25, -0.2) is 4.39 Å². The van der Waals surface area contributed by atoms with E-state index in [1.54, 1.807) is 25.1 Å². The molecule has 0 saturated heterocycles. The molecule has 1 aromatic carbocycles. The number of hydrogen-bond acceptors (Lipinski definition) is 3. The molecule has 0 aliphatic rings. The van der Waals surface area contributed by atoms with Crippen molar-refractivity contribution in [1.29, 1.82) is 0 Å². The summed E-state index contributed by atoms with van der Waals surface area (Å²) in [7, 11) is 0. The Labute approximate surface area is 107 Å². The third-order valence-electron chi connectivity index (χ3n) is 2.92. The number of esters is 1. The topological polar surface area (TPSA) is 52.3 Å². The Bertz CT molecular complexity index is 430. The maximum absolute atomic E-state index is 14.2. The van der Waals surface area contributed by atoms with Crippen LogP contribution in [0.1, 0.15) is 38.3 Å². The second kappa shape index (κ2) is 5.96. The monoisotopic (exact) mass is 253 g/mol. The van der Waals surface area contributed by atoms with Gasteiger partial charge < -0.3 is 10.5 Å². The molecule has 0 spiro atoms. The average molecular weight is 253 g/mol. The van der Waals surface area contributed by atoms with Crippen molar-refractivity contribution >= 4 is 5.97 Å². The summed E-state index contributed by atoms with van der Waals surface area (Å²) in [4.78, 5) is 11.5. The standard InChI is InChI=1S/C14H20FNO2/c1-4-18-12(17)8-14(2,3)11-7-5-6-10(9-16)13(11)15/h5-7H,4,8-9,16H2,1-3H3. The lowest BCUT2D eigenvalue weighted by Gasteiger charge is -2.25. The summed E-state index contributed by atoms with van der Waals surface area (Å²) in [6.07, 6.45) is 0.145. The molecule has 0 aromatic heterocycles. The molecule has 0 heterocycles. The Balaban J connectivity index is 3.00. The summed E-state index contributed by atoms with van der Waals surface area (Å²) in [6.45, 7) is 5.88. The zero-order chi connectivity index (χ0) is 13.8. The van der Waals surface area contributed by atoms with Crippen LogP contribution >= 0.6 is 0 Å². The molecule has 0 bridgehead atoms. The molecule has 0 saturated carbocycles. The van der Waals surface area contributed by atoms with Crippen LogP contribution in [0.2, 0.25) is 0 Å². The smallest absolute Gasteiger partial charge is 0.306 e. The Kier molecular flexibility index (Phi) is 4.84. The predicted molar refractivity (Wildman–Crippen MR) is 68.6 cm³/mol. The first-order chi connectivity index (χ1) is 8.42. The molecular weight excluding hydrogens is 233 g/mol. The number of carbonyl (C=O) groups excluding carboxylic acids is 1. The summed E-state index contributed by atoms with van der Waals surface area (Å²) < 4.78 is 19.1. The lowest BCUT2D eigenvalue weighted by molar-refractivity contribution is -0.144. The van der Waals surface area contributed by atoms with Gasteiger partial charge in [-0.3, -0.25) is 4.79 Å². The molecule has 0 aliphatic heterocycles. The van der Waals surface area contributed by atoms with Crippen LogP contribution in [-0.2, 0) is 21.5 Å². The third kappa shape index (κ3) is 3.29. The summed E-state index contributed by atoms with van der Waals surface area (Å²) in [5.74, 6) is -0.644. The fourth-order valence-electron chi connectivity index (χ4n) is 1.93. The number of nitrogens with two attached hydrogens (primary N) is 1. The number of hydrogen-bond donors (Lipinski definition) is 1. The van der Waals surface area contributed by atoms with Gasteiger partial charge >= 0.3 is 5.97 Å². The van der Waals surface area contributed by atoms with Crippen molar-refractivity contribution in [2.24, 2.45) is 5.73 Å². The highest BCUT2D eigenvalue weighted by Gasteiger charge is 2.28. The predicted octanol–water partition coefficient (Wildman–Crippen LogP) is 2.52. The molecule has 0 atom stereocenters. The van der Waals surface area contributed by atoms with Crippen molar-refractivity contribution in [3.63, 3.8) is 0 Å². The number of carbonyl (C=O) groups is 1. The molecule has 0 fully saturated rings. The molecule has 4 heteroatoms. The third-order valence-corrected chi connectivity index (χ3v) is 2.92. The minimum atomic E-state index is -0.610. The number of halogens is 1. The fourth-order valence-corrected chi connectivity index (χ4v) is 1.93. The molecule has 1 rings (SSSR count). The van der Waals surface area contributed by atoms with Crippen LogP contribution in [0.25, 0.3) is 0 Å². The van der Waals surface area contributed by atoms with Crippen molar-refractivity contribution in [3.05, 3.63) is 35.1 Å². The van der Waals surface area contributed by atoms with Gasteiger partial charge in [-0.2, -0.15) is 0 Å². The Morgan fingerprint density at radius 1 is 1.44 bits per heavy atom. The Morgan fingerprint density at radius 2 is 2.11 bits per heavy atom. The Hall–Kier alpha value is -1.42. The van der Waals surface area contributed by atoms with Gasteiger partial charge in [0.25, 0.3) is 0 Å². The van der Waals surface area contributed by atoms with E-state index < -0.39 is 5.41 Å². The maximum Gasteiger partial charge on any atom is 0.306 e. The van der Waals surface area contributed by atoms with Crippen LogP contribution in [0.5, 0.6) is 0 Å². The van der Waals surface area contributed by atoms with Crippen molar-refractivity contribution in [3.8, 4) is 0 Å². The molecule has 3 nitrogen and oxygen atoms in total. The van der Waals surface area contributed by atoms with Crippen LogP contribution in [0.4, 0.5) is 4.39 Å². The summed E-state index contributed by atoms with van der Waals surface area (Å²) >= 11 is 0. The molecule has 0 unspecified atom stereocenters. The Morgan fingerprint density at radius 3 is 2.67 bits per heavy atom. The quantitative estimate of drug-likeness (QED) is 0.820. The first-order valence-electron chi connectivity index (χ1n) is 6.06. The van der Waals surface area contributed by atoms with Gasteiger partial charge in [0.1, 0.15) is 5.82 Å². The first-order valence-corrected chi connectivity index (χ1v) is 6.06. The average Bonchev–Trinajstić information content (AvgIpc) is 2.28. The van der Waals surface area contributed by atoms with E-state index in [-0.39, 0.29) is 24.8 Å². The number of rotatable bonds is 5. The van der Waals surface area contributed by atoms with E-state index in [4.69, 9.17) is 10.5 Å². The zero-order valence-corrected chi connectivity index (χ0v) is 11.1. The molecule has 0 amide bonds. The van der Waals surface area contributed by atoms with Crippen molar-refractivity contribution in [1.82, 2.24) is 0 Å². The summed E-state index contributed by atoms with van der Waals surface area (Å²) in [6, 6.07) is 5.10. The van der Waals surface area contributed by atoms with Crippen molar-refractivity contribution in [2.45, 2.75) is 39.2 Å².